The number of nitrogens with two attached hydrogens (primary N) is 1. The van der Waals surface area contributed by atoms with Crippen molar-refractivity contribution >= 4 is 5.91 Å². The molecule has 2 aliphatic heterocycles. The van der Waals surface area contributed by atoms with Gasteiger partial charge in [-0.3, -0.25) is 19.6 Å². The van der Waals surface area contributed by atoms with Gasteiger partial charge in [0.25, 0.3) is 0 Å². The molecule has 0 aromatic carbocycles. The number of hydrogen-bond acceptors (Lipinski definition) is 4. The van der Waals surface area contributed by atoms with Crippen molar-refractivity contribution in [1.29, 1.82) is 0 Å². The van der Waals surface area contributed by atoms with Crippen LogP contribution >= 0.6 is 0 Å². The SMILES string of the molecule is Cc1ccc(C(C(N)=O)N2CCN3CCC[C@@H]3C2)nc1. The summed E-state index contributed by atoms with van der Waals surface area (Å²) in [5, 5.41) is 0. The summed E-state index contributed by atoms with van der Waals surface area (Å²) < 4.78 is 0. The first-order valence-electron chi connectivity index (χ1n) is 7.35. The standard InChI is InChI=1S/C15H22N4O/c1-11-4-5-13(17-9-11)14(15(16)20)19-8-7-18-6-2-3-12(18)10-19/h4-5,9,12,14H,2-3,6-8,10H2,1H3,(H2,16,20)/t12-,14?/m1/s1. The number of fused-ring (bicyclic) bond motifs is 1. The molecule has 3 heterocycles. The van der Waals surface area contributed by atoms with Crippen LogP contribution in [0.25, 0.3) is 0 Å². The molecule has 0 aliphatic carbocycles. The second-order valence-electron chi connectivity index (χ2n) is 5.89. The van der Waals surface area contributed by atoms with Crippen LogP contribution < -0.4 is 5.73 Å². The van der Waals surface area contributed by atoms with Gasteiger partial charge in [-0.25, -0.2) is 0 Å². The first-order chi connectivity index (χ1) is 9.65. The molecule has 2 aliphatic rings. The number of carbonyl (C=O) groups is 1. The van der Waals surface area contributed by atoms with E-state index in [9.17, 15) is 4.79 Å². The smallest absolute Gasteiger partial charge is 0.241 e. The molecule has 5 nitrogen and oxygen atoms in total. The minimum atomic E-state index is -0.390. The second kappa shape index (κ2) is 5.50. The molecule has 1 aromatic rings. The fourth-order valence-corrected chi connectivity index (χ4v) is 3.40. The third-order valence-electron chi connectivity index (χ3n) is 4.47. The molecule has 1 aromatic heterocycles. The van der Waals surface area contributed by atoms with Gasteiger partial charge in [0.2, 0.25) is 5.91 Å². The highest BCUT2D eigenvalue weighted by Crippen LogP contribution is 2.27. The predicted molar refractivity (Wildman–Crippen MR) is 77.1 cm³/mol. The summed E-state index contributed by atoms with van der Waals surface area (Å²) >= 11 is 0. The topological polar surface area (TPSA) is 62.5 Å². The molecule has 2 atom stereocenters. The fourth-order valence-electron chi connectivity index (χ4n) is 3.40. The van der Waals surface area contributed by atoms with Crippen molar-refractivity contribution in [3.63, 3.8) is 0 Å². The van der Waals surface area contributed by atoms with Crippen molar-refractivity contribution in [3.05, 3.63) is 29.6 Å². The Bertz CT molecular complexity index is 487. The molecule has 108 valence electrons. The van der Waals surface area contributed by atoms with Crippen LogP contribution in [0.4, 0.5) is 0 Å². The predicted octanol–water partition coefficient (Wildman–Crippen LogP) is 0.696. The van der Waals surface area contributed by atoms with Crippen molar-refractivity contribution in [2.24, 2.45) is 5.73 Å². The van der Waals surface area contributed by atoms with Crippen LogP contribution in [0.1, 0.15) is 30.1 Å². The van der Waals surface area contributed by atoms with Crippen LogP contribution in [0.2, 0.25) is 0 Å². The summed E-state index contributed by atoms with van der Waals surface area (Å²) in [6.07, 6.45) is 4.29. The van der Waals surface area contributed by atoms with Crippen molar-refractivity contribution in [1.82, 2.24) is 14.8 Å². The normalized spacial score (nSPS) is 25.4. The number of hydrogen-bond donors (Lipinski definition) is 1. The Kier molecular flexibility index (Phi) is 3.72. The molecule has 0 saturated carbocycles. The molecule has 2 fully saturated rings. The maximum Gasteiger partial charge on any atom is 0.241 e. The van der Waals surface area contributed by atoms with Crippen LogP contribution in [0.5, 0.6) is 0 Å². The number of aryl methyl sites for hydroxylation is 1. The van der Waals surface area contributed by atoms with E-state index in [1.807, 2.05) is 19.1 Å². The number of pyridine rings is 1. The lowest BCUT2D eigenvalue weighted by molar-refractivity contribution is -0.124. The summed E-state index contributed by atoms with van der Waals surface area (Å²) in [7, 11) is 0. The van der Waals surface area contributed by atoms with Gasteiger partial charge in [0.15, 0.2) is 0 Å². The van der Waals surface area contributed by atoms with E-state index in [4.69, 9.17) is 5.73 Å². The number of piperazine rings is 1. The third-order valence-corrected chi connectivity index (χ3v) is 4.47. The van der Waals surface area contributed by atoms with Gasteiger partial charge < -0.3 is 5.73 Å². The average Bonchev–Trinajstić information content (AvgIpc) is 2.88. The van der Waals surface area contributed by atoms with Crippen LogP contribution in [0, 0.1) is 6.92 Å². The van der Waals surface area contributed by atoms with E-state index in [0.29, 0.717) is 6.04 Å². The molecule has 5 heteroatoms. The van der Waals surface area contributed by atoms with Gasteiger partial charge in [-0.15, -0.1) is 0 Å². The first-order valence-corrected chi connectivity index (χ1v) is 7.35. The van der Waals surface area contributed by atoms with E-state index >= 15 is 0 Å². The average molecular weight is 274 g/mol. The Morgan fingerprint density at radius 1 is 1.40 bits per heavy atom. The molecule has 0 bridgehead atoms. The van der Waals surface area contributed by atoms with E-state index < -0.39 is 6.04 Å². The van der Waals surface area contributed by atoms with Gasteiger partial charge in [0.1, 0.15) is 6.04 Å². The summed E-state index contributed by atoms with van der Waals surface area (Å²) in [4.78, 5) is 21.0. The Hall–Kier alpha value is -1.46. The quantitative estimate of drug-likeness (QED) is 0.881. The number of aromatic nitrogens is 1. The van der Waals surface area contributed by atoms with E-state index in [-0.39, 0.29) is 5.91 Å². The zero-order chi connectivity index (χ0) is 14.1. The molecule has 2 saturated heterocycles. The van der Waals surface area contributed by atoms with Gasteiger partial charge in [-0.2, -0.15) is 0 Å². The highest BCUT2D eigenvalue weighted by Gasteiger charge is 2.36. The van der Waals surface area contributed by atoms with Gasteiger partial charge in [-0.1, -0.05) is 6.07 Å². The van der Waals surface area contributed by atoms with Gasteiger partial charge in [0, 0.05) is 31.9 Å². The molecule has 3 rings (SSSR count). The molecular formula is C15H22N4O. The van der Waals surface area contributed by atoms with Crippen LogP contribution in [0.15, 0.2) is 18.3 Å². The van der Waals surface area contributed by atoms with Gasteiger partial charge in [0.05, 0.1) is 5.69 Å². The molecule has 0 radical (unpaired) electrons. The number of nitrogens with zero attached hydrogens (tertiary/aromatic N) is 3. The summed E-state index contributed by atoms with van der Waals surface area (Å²) in [5.74, 6) is -0.298. The van der Waals surface area contributed by atoms with Crippen LogP contribution in [-0.4, -0.2) is 52.9 Å². The van der Waals surface area contributed by atoms with Crippen LogP contribution in [-0.2, 0) is 4.79 Å². The van der Waals surface area contributed by atoms with Crippen LogP contribution in [0.3, 0.4) is 0 Å². The van der Waals surface area contributed by atoms with Gasteiger partial charge in [-0.05, 0) is 37.9 Å². The Labute approximate surface area is 119 Å². The maximum atomic E-state index is 11.9. The number of rotatable bonds is 3. The van der Waals surface area contributed by atoms with Crippen molar-refractivity contribution in [2.45, 2.75) is 31.8 Å². The lowest BCUT2D eigenvalue weighted by atomic mass is 10.1. The van der Waals surface area contributed by atoms with Crippen molar-refractivity contribution < 1.29 is 4.79 Å². The number of primary amides is 1. The summed E-state index contributed by atoms with van der Waals surface area (Å²) in [6, 6.07) is 4.10. The first kappa shape index (κ1) is 13.5. The third kappa shape index (κ3) is 2.55. The van der Waals surface area contributed by atoms with E-state index in [1.165, 1.54) is 19.4 Å². The highest BCUT2D eigenvalue weighted by molar-refractivity contribution is 5.81. The minimum Gasteiger partial charge on any atom is -0.368 e. The number of carbonyl (C=O) groups excluding carboxylic acids is 1. The number of amides is 1. The van der Waals surface area contributed by atoms with Crippen molar-refractivity contribution in [2.75, 3.05) is 26.2 Å². The lowest BCUT2D eigenvalue weighted by Crippen LogP contribution is -2.53. The largest absolute Gasteiger partial charge is 0.368 e. The monoisotopic (exact) mass is 274 g/mol. The zero-order valence-electron chi connectivity index (χ0n) is 12.0. The minimum absolute atomic E-state index is 0.298. The molecule has 20 heavy (non-hydrogen) atoms. The molecule has 0 spiro atoms. The van der Waals surface area contributed by atoms with E-state index in [1.54, 1.807) is 6.20 Å². The Morgan fingerprint density at radius 2 is 2.25 bits per heavy atom. The highest BCUT2D eigenvalue weighted by atomic mass is 16.1. The molecule has 1 unspecified atom stereocenters. The molecule has 1 amide bonds. The fraction of sp³-hybridized carbons (Fsp3) is 0.600. The Morgan fingerprint density at radius 3 is 2.95 bits per heavy atom. The second-order valence-corrected chi connectivity index (χ2v) is 5.89. The maximum absolute atomic E-state index is 11.9. The lowest BCUT2D eigenvalue weighted by Gasteiger charge is -2.40. The van der Waals surface area contributed by atoms with Crippen molar-refractivity contribution in [3.8, 4) is 0 Å². The Balaban J connectivity index is 1.80. The summed E-state index contributed by atoms with van der Waals surface area (Å²) in [5.41, 5.74) is 7.51. The van der Waals surface area contributed by atoms with Gasteiger partial charge >= 0.3 is 0 Å². The summed E-state index contributed by atoms with van der Waals surface area (Å²) in [6.45, 7) is 6.03. The van der Waals surface area contributed by atoms with E-state index in [2.05, 4.69) is 14.8 Å². The molecular weight excluding hydrogens is 252 g/mol. The zero-order valence-corrected chi connectivity index (χ0v) is 12.0. The van der Waals surface area contributed by atoms with E-state index in [0.717, 1.165) is 30.9 Å². The molecule has 2 N–H and O–H groups in total.